The van der Waals surface area contributed by atoms with Gasteiger partial charge in [-0.25, -0.2) is 4.98 Å². The number of hydrogen-bond acceptors (Lipinski definition) is 5. The Kier molecular flexibility index (Phi) is 5.68. The number of hydrogen-bond donors (Lipinski definition) is 2. The van der Waals surface area contributed by atoms with Crippen LogP contribution in [0.3, 0.4) is 0 Å². The molecule has 1 amide bonds. The first-order valence-corrected chi connectivity index (χ1v) is 11.6. The van der Waals surface area contributed by atoms with Crippen LogP contribution in [-0.2, 0) is 4.79 Å². The van der Waals surface area contributed by atoms with Crippen LogP contribution in [0.5, 0.6) is 0 Å². The van der Waals surface area contributed by atoms with Gasteiger partial charge in [0.05, 0.1) is 5.52 Å². The predicted molar refractivity (Wildman–Crippen MR) is 129 cm³/mol. The van der Waals surface area contributed by atoms with E-state index in [9.17, 15) is 4.79 Å². The molecule has 0 unspecified atom stereocenters. The maximum Gasteiger partial charge on any atom is 0.225 e. The molecule has 0 aliphatic heterocycles. The largest absolute Gasteiger partial charge is 0.362 e. The zero-order valence-corrected chi connectivity index (χ0v) is 18.8. The fourth-order valence-corrected chi connectivity index (χ4v) is 4.87. The molecule has 6 nitrogen and oxygen atoms in total. The number of fused-ring (bicyclic) bond motifs is 1. The summed E-state index contributed by atoms with van der Waals surface area (Å²) in [5.41, 5.74) is 2.28. The third kappa shape index (κ3) is 4.40. The van der Waals surface area contributed by atoms with Gasteiger partial charge in [-0.3, -0.25) is 4.79 Å². The SMILES string of the molecule is CN(C)c1nc(NC2CCC(C(=O)N[C@@H]3C[C@H]3c3ccccc3)CC2)nc2ccccc12. The van der Waals surface area contributed by atoms with Gasteiger partial charge in [0.2, 0.25) is 11.9 Å². The smallest absolute Gasteiger partial charge is 0.225 e. The average molecular weight is 430 g/mol. The van der Waals surface area contributed by atoms with Crippen LogP contribution < -0.4 is 15.5 Å². The maximum absolute atomic E-state index is 12.8. The Morgan fingerprint density at radius 3 is 2.41 bits per heavy atom. The average Bonchev–Trinajstić information content (AvgIpc) is 3.58. The first-order valence-electron chi connectivity index (χ1n) is 11.6. The van der Waals surface area contributed by atoms with Crippen molar-refractivity contribution in [2.45, 2.75) is 50.1 Å². The van der Waals surface area contributed by atoms with Crippen molar-refractivity contribution in [3.8, 4) is 0 Å². The summed E-state index contributed by atoms with van der Waals surface area (Å²) in [4.78, 5) is 24.3. The van der Waals surface area contributed by atoms with Gasteiger partial charge in [0.25, 0.3) is 0 Å². The third-order valence-electron chi connectivity index (χ3n) is 6.78. The lowest BCUT2D eigenvalue weighted by atomic mass is 9.85. The molecule has 2 aromatic carbocycles. The van der Waals surface area contributed by atoms with Crippen LogP contribution >= 0.6 is 0 Å². The fraction of sp³-hybridized carbons (Fsp3) is 0.423. The third-order valence-corrected chi connectivity index (χ3v) is 6.78. The molecule has 0 bridgehead atoms. The highest BCUT2D eigenvalue weighted by Crippen LogP contribution is 2.41. The van der Waals surface area contributed by atoms with Crippen molar-refractivity contribution < 1.29 is 4.79 Å². The molecule has 0 spiro atoms. The van der Waals surface area contributed by atoms with Gasteiger partial charge in [-0.05, 0) is 49.8 Å². The quantitative estimate of drug-likeness (QED) is 0.610. The highest BCUT2D eigenvalue weighted by molar-refractivity contribution is 5.90. The molecule has 32 heavy (non-hydrogen) atoms. The number of carbonyl (C=O) groups excluding carboxylic acids is 1. The van der Waals surface area contributed by atoms with E-state index in [1.165, 1.54) is 5.56 Å². The van der Waals surface area contributed by atoms with Crippen molar-refractivity contribution in [2.75, 3.05) is 24.3 Å². The first kappa shape index (κ1) is 20.7. The standard InChI is InChI=1S/C26H31N5O/c1-31(2)24-20-10-6-7-11-22(20)29-26(30-24)27-19-14-12-18(13-15-19)25(32)28-23-16-21(23)17-8-4-3-5-9-17/h3-11,18-19,21,23H,12-16H2,1-2H3,(H,28,32)(H,27,29,30)/t18?,19?,21-,23+/m0/s1. The van der Waals surface area contributed by atoms with E-state index in [0.717, 1.165) is 48.8 Å². The van der Waals surface area contributed by atoms with Crippen LogP contribution in [0.2, 0.25) is 0 Å². The van der Waals surface area contributed by atoms with Crippen molar-refractivity contribution in [3.05, 3.63) is 60.2 Å². The minimum Gasteiger partial charge on any atom is -0.362 e. The summed E-state index contributed by atoms with van der Waals surface area (Å²) >= 11 is 0. The van der Waals surface area contributed by atoms with Crippen molar-refractivity contribution in [1.29, 1.82) is 0 Å². The van der Waals surface area contributed by atoms with E-state index in [1.54, 1.807) is 0 Å². The summed E-state index contributed by atoms with van der Waals surface area (Å²) in [6, 6.07) is 19.2. The Morgan fingerprint density at radius 1 is 0.938 bits per heavy atom. The molecule has 3 aromatic rings. The molecular formula is C26H31N5O. The number of para-hydroxylation sites is 1. The van der Waals surface area contributed by atoms with Crippen molar-refractivity contribution >= 4 is 28.6 Å². The normalized spacial score (nSPS) is 24.7. The zero-order chi connectivity index (χ0) is 22.1. The van der Waals surface area contributed by atoms with Gasteiger partial charge in [0, 0.05) is 43.4 Å². The number of anilines is 2. The summed E-state index contributed by atoms with van der Waals surface area (Å²) in [7, 11) is 4.01. The van der Waals surface area contributed by atoms with Crippen molar-refractivity contribution in [1.82, 2.24) is 15.3 Å². The highest BCUT2D eigenvalue weighted by Gasteiger charge is 2.40. The van der Waals surface area contributed by atoms with Gasteiger partial charge in [-0.15, -0.1) is 0 Å². The number of rotatable bonds is 6. The Morgan fingerprint density at radius 2 is 1.66 bits per heavy atom. The summed E-state index contributed by atoms with van der Waals surface area (Å²) in [5, 5.41) is 7.87. The van der Waals surface area contributed by atoms with Gasteiger partial charge < -0.3 is 15.5 Å². The molecule has 2 atom stereocenters. The molecule has 5 rings (SSSR count). The molecule has 1 aromatic heterocycles. The lowest BCUT2D eigenvalue weighted by Gasteiger charge is -2.29. The van der Waals surface area contributed by atoms with Gasteiger partial charge in [-0.2, -0.15) is 4.98 Å². The first-order chi connectivity index (χ1) is 15.6. The van der Waals surface area contributed by atoms with Crippen LogP contribution in [0, 0.1) is 5.92 Å². The van der Waals surface area contributed by atoms with E-state index >= 15 is 0 Å². The molecule has 2 N–H and O–H groups in total. The minimum absolute atomic E-state index is 0.111. The molecular weight excluding hydrogens is 398 g/mol. The number of nitrogens with one attached hydrogen (secondary N) is 2. The van der Waals surface area contributed by atoms with Gasteiger partial charge in [0.15, 0.2) is 0 Å². The van der Waals surface area contributed by atoms with E-state index in [1.807, 2.05) is 43.3 Å². The van der Waals surface area contributed by atoms with Crippen molar-refractivity contribution in [2.24, 2.45) is 5.92 Å². The molecule has 2 saturated carbocycles. The second kappa shape index (κ2) is 8.77. The molecule has 0 saturated heterocycles. The van der Waals surface area contributed by atoms with Crippen LogP contribution in [0.1, 0.15) is 43.6 Å². The number of benzene rings is 2. The lowest BCUT2D eigenvalue weighted by molar-refractivity contribution is -0.126. The van der Waals surface area contributed by atoms with E-state index in [0.29, 0.717) is 23.9 Å². The minimum atomic E-state index is 0.111. The lowest BCUT2D eigenvalue weighted by Crippen LogP contribution is -2.37. The summed E-state index contributed by atoms with van der Waals surface area (Å²) < 4.78 is 0. The Hall–Kier alpha value is -3.15. The summed E-state index contributed by atoms with van der Waals surface area (Å²) in [5.74, 6) is 2.41. The predicted octanol–water partition coefficient (Wildman–Crippen LogP) is 4.34. The molecule has 1 heterocycles. The Balaban J connectivity index is 1.16. The second-order valence-electron chi connectivity index (χ2n) is 9.34. The molecule has 2 fully saturated rings. The highest BCUT2D eigenvalue weighted by atomic mass is 16.2. The van der Waals surface area contributed by atoms with E-state index in [-0.39, 0.29) is 11.8 Å². The van der Waals surface area contributed by atoms with Gasteiger partial charge in [0.1, 0.15) is 5.82 Å². The Bertz CT molecular complexity index is 1090. The van der Waals surface area contributed by atoms with Gasteiger partial charge in [-0.1, -0.05) is 42.5 Å². The van der Waals surface area contributed by atoms with Crippen LogP contribution in [0.25, 0.3) is 10.9 Å². The molecule has 0 radical (unpaired) electrons. The van der Waals surface area contributed by atoms with E-state index in [4.69, 9.17) is 9.97 Å². The zero-order valence-electron chi connectivity index (χ0n) is 18.8. The summed E-state index contributed by atoms with van der Waals surface area (Å²) in [6.07, 6.45) is 4.78. The fourth-order valence-electron chi connectivity index (χ4n) is 4.87. The van der Waals surface area contributed by atoms with E-state index in [2.05, 4.69) is 41.0 Å². The second-order valence-corrected chi connectivity index (χ2v) is 9.34. The van der Waals surface area contributed by atoms with Crippen molar-refractivity contribution in [3.63, 3.8) is 0 Å². The molecule has 166 valence electrons. The monoisotopic (exact) mass is 429 g/mol. The van der Waals surface area contributed by atoms with Crippen LogP contribution in [0.15, 0.2) is 54.6 Å². The van der Waals surface area contributed by atoms with Crippen LogP contribution in [0.4, 0.5) is 11.8 Å². The molecule has 2 aliphatic rings. The van der Waals surface area contributed by atoms with Crippen LogP contribution in [-0.4, -0.2) is 42.1 Å². The topological polar surface area (TPSA) is 70.2 Å². The number of carbonyl (C=O) groups is 1. The number of aromatic nitrogens is 2. The molecule has 2 aliphatic carbocycles. The maximum atomic E-state index is 12.8. The number of amides is 1. The molecule has 6 heteroatoms. The van der Waals surface area contributed by atoms with E-state index < -0.39 is 0 Å². The van der Waals surface area contributed by atoms with Gasteiger partial charge >= 0.3 is 0 Å². The Labute approximate surface area is 189 Å². The number of nitrogens with zero attached hydrogens (tertiary/aromatic N) is 3. The summed E-state index contributed by atoms with van der Waals surface area (Å²) in [6.45, 7) is 0.